The van der Waals surface area contributed by atoms with Gasteiger partial charge in [0.25, 0.3) is 0 Å². The van der Waals surface area contributed by atoms with Crippen LogP contribution in [-0.4, -0.2) is 24.5 Å². The largest absolute Gasteiger partial charge is 0.323 e. The Balaban J connectivity index is 1.93. The van der Waals surface area contributed by atoms with E-state index in [2.05, 4.69) is 50.1 Å². The van der Waals surface area contributed by atoms with Gasteiger partial charge in [0.05, 0.1) is 0 Å². The van der Waals surface area contributed by atoms with Crippen LogP contribution in [0.15, 0.2) is 24.3 Å². The molecule has 1 saturated carbocycles. The van der Waals surface area contributed by atoms with E-state index in [1.54, 1.807) is 0 Å². The van der Waals surface area contributed by atoms with Crippen LogP contribution < -0.4 is 5.73 Å². The zero-order valence-electron chi connectivity index (χ0n) is 12.6. The van der Waals surface area contributed by atoms with Gasteiger partial charge in [-0.2, -0.15) is 0 Å². The van der Waals surface area contributed by atoms with Gasteiger partial charge in [-0.05, 0) is 50.3 Å². The molecule has 2 heteroatoms. The minimum Gasteiger partial charge on any atom is -0.323 e. The van der Waals surface area contributed by atoms with Gasteiger partial charge in [-0.1, -0.05) is 37.6 Å². The number of likely N-dealkylation sites (N-methyl/N-ethyl adjacent to an activating group) is 1. The van der Waals surface area contributed by atoms with Gasteiger partial charge in [0.1, 0.15) is 0 Å². The normalized spacial score (nSPS) is 19.2. The van der Waals surface area contributed by atoms with Crippen molar-refractivity contribution in [3.05, 3.63) is 35.4 Å². The lowest BCUT2D eigenvalue weighted by atomic mass is 9.84. The summed E-state index contributed by atoms with van der Waals surface area (Å²) in [6, 6.07) is 9.29. The summed E-state index contributed by atoms with van der Waals surface area (Å²) in [7, 11) is 2.21. The fourth-order valence-corrected chi connectivity index (χ4v) is 2.78. The second-order valence-corrected chi connectivity index (χ2v) is 6.10. The Kier molecular flexibility index (Phi) is 5.00. The van der Waals surface area contributed by atoms with Gasteiger partial charge in [0.15, 0.2) is 0 Å². The smallest absolute Gasteiger partial charge is 0.0450 e. The molecule has 19 heavy (non-hydrogen) atoms. The zero-order valence-corrected chi connectivity index (χ0v) is 12.6. The molecule has 2 rings (SSSR count). The Morgan fingerprint density at radius 1 is 1.26 bits per heavy atom. The molecule has 2 N–H and O–H groups in total. The Bertz CT molecular complexity index is 381. The first kappa shape index (κ1) is 14.5. The van der Waals surface area contributed by atoms with E-state index in [1.165, 1.54) is 36.9 Å². The van der Waals surface area contributed by atoms with Crippen molar-refractivity contribution in [3.63, 3.8) is 0 Å². The van der Waals surface area contributed by atoms with E-state index in [4.69, 9.17) is 5.73 Å². The lowest BCUT2D eigenvalue weighted by Crippen LogP contribution is -2.41. The summed E-state index contributed by atoms with van der Waals surface area (Å²) < 4.78 is 0. The van der Waals surface area contributed by atoms with E-state index in [9.17, 15) is 0 Å². The topological polar surface area (TPSA) is 29.3 Å². The quantitative estimate of drug-likeness (QED) is 0.849. The predicted molar refractivity (Wildman–Crippen MR) is 82.2 cm³/mol. The molecular formula is C17H28N2. The van der Waals surface area contributed by atoms with Gasteiger partial charge in [-0.15, -0.1) is 0 Å². The van der Waals surface area contributed by atoms with Gasteiger partial charge < -0.3 is 10.6 Å². The first-order chi connectivity index (χ1) is 9.11. The minimum absolute atomic E-state index is 0.107. The van der Waals surface area contributed by atoms with E-state index in [0.717, 1.165) is 12.3 Å². The second kappa shape index (κ2) is 6.53. The van der Waals surface area contributed by atoms with Crippen LogP contribution >= 0.6 is 0 Å². The van der Waals surface area contributed by atoms with Crippen LogP contribution in [0.4, 0.5) is 0 Å². The summed E-state index contributed by atoms with van der Waals surface area (Å²) in [5.74, 6) is 0.905. The number of rotatable bonds is 6. The van der Waals surface area contributed by atoms with Gasteiger partial charge in [-0.3, -0.25) is 0 Å². The maximum Gasteiger partial charge on any atom is 0.0450 e. The van der Waals surface area contributed by atoms with Crippen LogP contribution in [0, 0.1) is 5.92 Å². The molecule has 1 fully saturated rings. The predicted octanol–water partition coefficient (Wildman–Crippen LogP) is 3.37. The average Bonchev–Trinajstić information content (AvgIpc) is 2.41. The van der Waals surface area contributed by atoms with E-state index >= 15 is 0 Å². The summed E-state index contributed by atoms with van der Waals surface area (Å²) in [6.45, 7) is 5.63. The van der Waals surface area contributed by atoms with Crippen molar-refractivity contribution in [1.82, 2.24) is 4.90 Å². The van der Waals surface area contributed by atoms with E-state index < -0.39 is 0 Å². The van der Waals surface area contributed by atoms with Crippen molar-refractivity contribution >= 4 is 0 Å². The van der Waals surface area contributed by atoms with Gasteiger partial charge in [0.2, 0.25) is 0 Å². The Labute approximate surface area is 118 Å². The third kappa shape index (κ3) is 3.58. The van der Waals surface area contributed by atoms with E-state index in [0.29, 0.717) is 6.04 Å². The highest BCUT2D eigenvalue weighted by Crippen LogP contribution is 2.28. The average molecular weight is 260 g/mol. The molecule has 0 aliphatic heterocycles. The number of hydrogen-bond acceptors (Lipinski definition) is 2. The molecule has 2 nitrogen and oxygen atoms in total. The third-order valence-electron chi connectivity index (χ3n) is 4.76. The molecule has 2 atom stereocenters. The highest BCUT2D eigenvalue weighted by atomic mass is 15.1. The molecule has 1 aliphatic rings. The molecule has 0 saturated heterocycles. The van der Waals surface area contributed by atoms with Crippen molar-refractivity contribution in [2.75, 3.05) is 13.6 Å². The van der Waals surface area contributed by atoms with Gasteiger partial charge in [-0.25, -0.2) is 0 Å². The van der Waals surface area contributed by atoms with Crippen LogP contribution in [0.25, 0.3) is 0 Å². The van der Waals surface area contributed by atoms with Gasteiger partial charge >= 0.3 is 0 Å². The monoisotopic (exact) mass is 260 g/mol. The molecular weight excluding hydrogens is 232 g/mol. The first-order valence-electron chi connectivity index (χ1n) is 7.66. The van der Waals surface area contributed by atoms with E-state index in [-0.39, 0.29) is 6.04 Å². The number of nitrogens with zero attached hydrogens (tertiary/aromatic N) is 1. The molecule has 1 aliphatic carbocycles. The third-order valence-corrected chi connectivity index (χ3v) is 4.76. The number of hydrogen-bond donors (Lipinski definition) is 1. The molecule has 0 bridgehead atoms. The second-order valence-electron chi connectivity index (χ2n) is 6.10. The maximum absolute atomic E-state index is 6.42. The van der Waals surface area contributed by atoms with Crippen LogP contribution in [-0.2, 0) is 6.42 Å². The SMILES string of the molecule is CCc1ccc(C(N)C(C)N(C)CC2CCC2)cc1. The standard InChI is InChI=1S/C17H28N2/c1-4-14-8-10-16(11-9-14)17(18)13(2)19(3)12-15-6-5-7-15/h8-11,13,15,17H,4-7,12,18H2,1-3H3. The molecule has 1 aromatic rings. The molecule has 106 valence electrons. The molecule has 0 radical (unpaired) electrons. The van der Waals surface area contributed by atoms with E-state index in [1.807, 2.05) is 0 Å². The fourth-order valence-electron chi connectivity index (χ4n) is 2.78. The summed E-state index contributed by atoms with van der Waals surface area (Å²) >= 11 is 0. The van der Waals surface area contributed by atoms with Gasteiger partial charge in [0, 0.05) is 18.6 Å². The first-order valence-corrected chi connectivity index (χ1v) is 7.66. The Hall–Kier alpha value is -0.860. The van der Waals surface area contributed by atoms with Crippen LogP contribution in [0.2, 0.25) is 0 Å². The lowest BCUT2D eigenvalue weighted by molar-refractivity contribution is 0.154. The van der Waals surface area contributed by atoms with Crippen molar-refractivity contribution < 1.29 is 0 Å². The minimum atomic E-state index is 0.107. The molecule has 1 aromatic carbocycles. The Morgan fingerprint density at radius 3 is 2.37 bits per heavy atom. The number of nitrogens with two attached hydrogens (primary N) is 1. The highest BCUT2D eigenvalue weighted by Gasteiger charge is 2.24. The van der Waals surface area contributed by atoms with Crippen LogP contribution in [0.1, 0.15) is 50.3 Å². The van der Waals surface area contributed by atoms with Crippen LogP contribution in [0.3, 0.4) is 0 Å². The summed E-state index contributed by atoms with van der Waals surface area (Å²) in [5.41, 5.74) is 9.06. The lowest BCUT2D eigenvalue weighted by Gasteiger charge is -2.35. The van der Waals surface area contributed by atoms with Crippen molar-refractivity contribution in [2.24, 2.45) is 11.7 Å². The molecule has 0 amide bonds. The number of benzene rings is 1. The number of aryl methyl sites for hydroxylation is 1. The molecule has 0 spiro atoms. The van der Waals surface area contributed by atoms with Crippen LogP contribution in [0.5, 0.6) is 0 Å². The van der Waals surface area contributed by atoms with Crippen molar-refractivity contribution in [1.29, 1.82) is 0 Å². The van der Waals surface area contributed by atoms with Crippen molar-refractivity contribution in [2.45, 2.75) is 51.6 Å². The molecule has 0 aromatic heterocycles. The summed E-state index contributed by atoms with van der Waals surface area (Å²) in [6.07, 6.45) is 5.30. The summed E-state index contributed by atoms with van der Waals surface area (Å²) in [4.78, 5) is 2.43. The molecule has 0 heterocycles. The highest BCUT2D eigenvalue weighted by molar-refractivity contribution is 5.25. The maximum atomic E-state index is 6.42. The Morgan fingerprint density at radius 2 is 1.89 bits per heavy atom. The molecule has 2 unspecified atom stereocenters. The zero-order chi connectivity index (χ0) is 13.8. The fraction of sp³-hybridized carbons (Fsp3) is 0.647. The summed E-state index contributed by atoms with van der Waals surface area (Å²) in [5, 5.41) is 0. The van der Waals surface area contributed by atoms with Crippen molar-refractivity contribution in [3.8, 4) is 0 Å².